The van der Waals surface area contributed by atoms with Gasteiger partial charge in [0.1, 0.15) is 9.88 Å². The number of rotatable bonds is 6. The number of ether oxygens (including phenoxy) is 1. The van der Waals surface area contributed by atoms with E-state index in [1.54, 1.807) is 12.0 Å². The number of amides is 1. The SMILES string of the molecule is COCCN(C(=O)c1sc(-c2ccccc2)nc1C)C1CCS(=O)(=O)C1. The molecular weight excluding hydrogens is 372 g/mol. The molecule has 0 N–H and O–H groups in total. The van der Waals surface area contributed by atoms with Gasteiger partial charge in [-0.1, -0.05) is 30.3 Å². The Morgan fingerprint density at radius 1 is 1.35 bits per heavy atom. The van der Waals surface area contributed by atoms with Crippen molar-refractivity contribution in [2.75, 3.05) is 31.8 Å². The quantitative estimate of drug-likeness (QED) is 0.752. The molecule has 1 amide bonds. The van der Waals surface area contributed by atoms with Crippen LogP contribution in [0.25, 0.3) is 10.6 Å². The first-order chi connectivity index (χ1) is 12.4. The minimum atomic E-state index is -3.08. The molecular formula is C18H22N2O4S2. The summed E-state index contributed by atoms with van der Waals surface area (Å²) in [6, 6.07) is 9.41. The Labute approximate surface area is 157 Å². The van der Waals surface area contributed by atoms with Gasteiger partial charge in [-0.3, -0.25) is 4.79 Å². The molecule has 1 aliphatic heterocycles. The highest BCUT2D eigenvalue weighted by Crippen LogP contribution is 2.30. The van der Waals surface area contributed by atoms with Gasteiger partial charge in [-0.2, -0.15) is 0 Å². The van der Waals surface area contributed by atoms with Crippen molar-refractivity contribution in [3.8, 4) is 10.6 Å². The van der Waals surface area contributed by atoms with E-state index in [-0.39, 0.29) is 23.5 Å². The predicted octanol–water partition coefficient (Wildman–Crippen LogP) is 2.39. The second kappa shape index (κ2) is 7.85. The van der Waals surface area contributed by atoms with Gasteiger partial charge >= 0.3 is 0 Å². The number of carbonyl (C=O) groups excluding carboxylic acids is 1. The summed E-state index contributed by atoms with van der Waals surface area (Å²) in [5.74, 6) is -0.0154. The molecule has 0 radical (unpaired) electrons. The van der Waals surface area contributed by atoms with Crippen LogP contribution in [-0.4, -0.2) is 62.0 Å². The number of hydrogen-bond acceptors (Lipinski definition) is 6. The van der Waals surface area contributed by atoms with Crippen molar-refractivity contribution in [2.24, 2.45) is 0 Å². The fourth-order valence-corrected chi connectivity index (χ4v) is 5.85. The van der Waals surface area contributed by atoms with Crippen LogP contribution in [0.3, 0.4) is 0 Å². The zero-order valence-electron chi connectivity index (χ0n) is 14.8. The number of aromatic nitrogens is 1. The van der Waals surface area contributed by atoms with Gasteiger partial charge in [0, 0.05) is 25.3 Å². The van der Waals surface area contributed by atoms with E-state index in [9.17, 15) is 13.2 Å². The lowest BCUT2D eigenvalue weighted by Gasteiger charge is -2.27. The average Bonchev–Trinajstić information content (AvgIpc) is 3.18. The standard InChI is InChI=1S/C18H22N2O4S2/c1-13-16(25-17(19-13)14-6-4-3-5-7-14)18(21)20(9-10-24-2)15-8-11-26(22,23)12-15/h3-7,15H,8-12H2,1-2H3. The second-order valence-electron chi connectivity index (χ2n) is 6.35. The van der Waals surface area contributed by atoms with E-state index in [4.69, 9.17) is 4.74 Å². The van der Waals surface area contributed by atoms with Gasteiger partial charge in [-0.25, -0.2) is 13.4 Å². The molecule has 3 rings (SSSR count). The van der Waals surface area contributed by atoms with Gasteiger partial charge in [-0.15, -0.1) is 11.3 Å². The van der Waals surface area contributed by atoms with E-state index in [0.717, 1.165) is 10.6 Å². The van der Waals surface area contributed by atoms with Crippen LogP contribution in [0, 0.1) is 6.92 Å². The minimum absolute atomic E-state index is 0.0197. The largest absolute Gasteiger partial charge is 0.383 e. The Morgan fingerprint density at radius 2 is 2.08 bits per heavy atom. The topological polar surface area (TPSA) is 76.6 Å². The van der Waals surface area contributed by atoms with Crippen LogP contribution in [0.2, 0.25) is 0 Å². The van der Waals surface area contributed by atoms with Crippen LogP contribution in [0.1, 0.15) is 21.8 Å². The molecule has 0 saturated carbocycles. The van der Waals surface area contributed by atoms with Crippen LogP contribution in [0.15, 0.2) is 30.3 Å². The number of aryl methyl sites for hydroxylation is 1. The number of sulfone groups is 1. The lowest BCUT2D eigenvalue weighted by molar-refractivity contribution is 0.0628. The molecule has 2 aromatic rings. The Morgan fingerprint density at radius 3 is 2.69 bits per heavy atom. The number of thiazole rings is 1. The van der Waals surface area contributed by atoms with E-state index in [2.05, 4.69) is 4.98 Å². The number of carbonyl (C=O) groups is 1. The minimum Gasteiger partial charge on any atom is -0.383 e. The van der Waals surface area contributed by atoms with Crippen molar-refractivity contribution in [1.82, 2.24) is 9.88 Å². The summed E-state index contributed by atoms with van der Waals surface area (Å²) in [5, 5.41) is 0.789. The fourth-order valence-electron chi connectivity index (χ4n) is 3.09. The maximum atomic E-state index is 13.2. The third kappa shape index (κ3) is 4.13. The van der Waals surface area contributed by atoms with Gasteiger partial charge in [0.15, 0.2) is 9.84 Å². The van der Waals surface area contributed by atoms with Gasteiger partial charge in [0.25, 0.3) is 5.91 Å². The van der Waals surface area contributed by atoms with Gasteiger partial charge in [0.05, 0.1) is 23.8 Å². The maximum absolute atomic E-state index is 13.2. The highest BCUT2D eigenvalue weighted by atomic mass is 32.2. The van der Waals surface area contributed by atoms with E-state index in [1.807, 2.05) is 37.3 Å². The molecule has 0 spiro atoms. The van der Waals surface area contributed by atoms with Crippen LogP contribution in [-0.2, 0) is 14.6 Å². The second-order valence-corrected chi connectivity index (χ2v) is 9.58. The highest BCUT2D eigenvalue weighted by Gasteiger charge is 2.36. The third-order valence-electron chi connectivity index (χ3n) is 4.46. The zero-order valence-corrected chi connectivity index (χ0v) is 16.5. The zero-order chi connectivity index (χ0) is 18.7. The average molecular weight is 395 g/mol. The molecule has 1 aromatic carbocycles. The van der Waals surface area contributed by atoms with E-state index < -0.39 is 9.84 Å². The number of methoxy groups -OCH3 is 1. The Hall–Kier alpha value is -1.77. The van der Waals surface area contributed by atoms with E-state index >= 15 is 0 Å². The molecule has 8 heteroatoms. The molecule has 140 valence electrons. The van der Waals surface area contributed by atoms with Crippen LogP contribution in [0.5, 0.6) is 0 Å². The van der Waals surface area contributed by atoms with E-state index in [0.29, 0.717) is 30.1 Å². The molecule has 1 unspecified atom stereocenters. The molecule has 1 aromatic heterocycles. The first kappa shape index (κ1) is 19.0. The number of benzene rings is 1. The molecule has 1 fully saturated rings. The normalized spacial score (nSPS) is 18.8. The third-order valence-corrected chi connectivity index (χ3v) is 7.40. The summed E-state index contributed by atoms with van der Waals surface area (Å²) in [4.78, 5) is 19.9. The van der Waals surface area contributed by atoms with Gasteiger partial charge < -0.3 is 9.64 Å². The monoisotopic (exact) mass is 394 g/mol. The van der Waals surface area contributed by atoms with E-state index in [1.165, 1.54) is 11.3 Å². The van der Waals surface area contributed by atoms with Crippen LogP contribution in [0.4, 0.5) is 0 Å². The molecule has 2 heterocycles. The molecule has 0 aliphatic carbocycles. The summed E-state index contributed by atoms with van der Waals surface area (Å²) in [6.45, 7) is 2.55. The van der Waals surface area contributed by atoms with Crippen molar-refractivity contribution in [2.45, 2.75) is 19.4 Å². The Balaban J connectivity index is 1.88. The lowest BCUT2D eigenvalue weighted by Crippen LogP contribution is -2.43. The smallest absolute Gasteiger partial charge is 0.266 e. The predicted molar refractivity (Wildman–Crippen MR) is 102 cm³/mol. The summed E-state index contributed by atoms with van der Waals surface area (Å²) >= 11 is 1.35. The molecule has 26 heavy (non-hydrogen) atoms. The molecule has 0 bridgehead atoms. The fraction of sp³-hybridized carbons (Fsp3) is 0.444. The molecule has 1 atom stereocenters. The van der Waals surface area contributed by atoms with Crippen molar-refractivity contribution in [3.05, 3.63) is 40.9 Å². The highest BCUT2D eigenvalue weighted by molar-refractivity contribution is 7.91. The molecule has 1 saturated heterocycles. The van der Waals surface area contributed by atoms with Crippen molar-refractivity contribution in [3.63, 3.8) is 0 Å². The maximum Gasteiger partial charge on any atom is 0.266 e. The van der Waals surface area contributed by atoms with Crippen LogP contribution < -0.4 is 0 Å². The number of nitrogens with zero attached hydrogens (tertiary/aromatic N) is 2. The summed E-state index contributed by atoms with van der Waals surface area (Å²) in [5.41, 5.74) is 1.63. The Bertz CT molecular complexity index is 878. The van der Waals surface area contributed by atoms with Crippen molar-refractivity contribution in [1.29, 1.82) is 0 Å². The van der Waals surface area contributed by atoms with Gasteiger partial charge in [-0.05, 0) is 13.3 Å². The Kier molecular flexibility index (Phi) is 5.74. The lowest BCUT2D eigenvalue weighted by atomic mass is 10.2. The number of hydrogen-bond donors (Lipinski definition) is 0. The van der Waals surface area contributed by atoms with Crippen molar-refractivity contribution < 1.29 is 17.9 Å². The summed E-state index contributed by atoms with van der Waals surface area (Å²) < 4.78 is 28.8. The summed E-state index contributed by atoms with van der Waals surface area (Å²) in [6.07, 6.45) is 0.473. The first-order valence-electron chi connectivity index (χ1n) is 8.44. The molecule has 6 nitrogen and oxygen atoms in total. The first-order valence-corrected chi connectivity index (χ1v) is 11.1. The van der Waals surface area contributed by atoms with Crippen molar-refractivity contribution >= 4 is 27.1 Å². The van der Waals surface area contributed by atoms with Gasteiger partial charge in [0.2, 0.25) is 0 Å². The van der Waals surface area contributed by atoms with Crippen LogP contribution >= 0.6 is 11.3 Å². The summed E-state index contributed by atoms with van der Waals surface area (Å²) in [7, 11) is -1.51. The molecule has 1 aliphatic rings.